The van der Waals surface area contributed by atoms with Gasteiger partial charge in [-0.1, -0.05) is 41.1 Å². The number of hydrogen-bond donors (Lipinski definition) is 1. The zero-order chi connectivity index (χ0) is 13.8. The third-order valence-corrected chi connectivity index (χ3v) is 3.91. The summed E-state index contributed by atoms with van der Waals surface area (Å²) in [6.07, 6.45) is 0.174. The van der Waals surface area contributed by atoms with Crippen LogP contribution in [0.5, 0.6) is 11.5 Å². The Morgan fingerprint density at radius 2 is 1.95 bits per heavy atom. The van der Waals surface area contributed by atoms with E-state index < -0.39 is 6.10 Å². The van der Waals surface area contributed by atoms with Gasteiger partial charge in [-0.3, -0.25) is 0 Å². The molecule has 100 valence electrons. The molecule has 2 aromatic carbocycles. The second-order valence-corrected chi connectivity index (χ2v) is 5.33. The molecule has 0 amide bonds. The van der Waals surface area contributed by atoms with E-state index >= 15 is 0 Å². The molecule has 0 fully saturated rings. The van der Waals surface area contributed by atoms with Crippen LogP contribution in [0.1, 0.15) is 30.6 Å². The van der Waals surface area contributed by atoms with Crippen LogP contribution in [-0.2, 0) is 0 Å². The Labute approximate surface area is 122 Å². The SMILES string of the molecule is CCC(O)c1ccccc1Oc1ccc(Br)c(C)c1. The number of benzene rings is 2. The van der Waals surface area contributed by atoms with E-state index in [0.29, 0.717) is 12.2 Å². The van der Waals surface area contributed by atoms with Crippen molar-refractivity contribution in [3.05, 3.63) is 58.1 Å². The lowest BCUT2D eigenvalue weighted by Gasteiger charge is -2.15. The first-order valence-electron chi connectivity index (χ1n) is 6.32. The molecule has 0 aromatic heterocycles. The average molecular weight is 321 g/mol. The molecule has 2 aromatic rings. The summed E-state index contributed by atoms with van der Waals surface area (Å²) in [5, 5.41) is 10.00. The van der Waals surface area contributed by atoms with Crippen molar-refractivity contribution in [2.45, 2.75) is 26.4 Å². The average Bonchev–Trinajstić information content (AvgIpc) is 2.43. The molecule has 0 saturated heterocycles. The van der Waals surface area contributed by atoms with Crippen LogP contribution in [0.2, 0.25) is 0 Å². The van der Waals surface area contributed by atoms with Crippen molar-refractivity contribution in [1.82, 2.24) is 0 Å². The number of para-hydroxylation sites is 1. The number of rotatable bonds is 4. The minimum absolute atomic E-state index is 0.493. The Morgan fingerprint density at radius 1 is 1.21 bits per heavy atom. The van der Waals surface area contributed by atoms with E-state index in [1.165, 1.54) is 0 Å². The van der Waals surface area contributed by atoms with Crippen LogP contribution in [0.25, 0.3) is 0 Å². The van der Waals surface area contributed by atoms with E-state index in [0.717, 1.165) is 21.3 Å². The highest BCUT2D eigenvalue weighted by molar-refractivity contribution is 9.10. The molecule has 0 spiro atoms. The third-order valence-electron chi connectivity index (χ3n) is 3.02. The van der Waals surface area contributed by atoms with Crippen LogP contribution in [-0.4, -0.2) is 5.11 Å². The maximum absolute atomic E-state index is 10.00. The highest BCUT2D eigenvalue weighted by Crippen LogP contribution is 2.32. The van der Waals surface area contributed by atoms with Gasteiger partial charge in [0.2, 0.25) is 0 Å². The van der Waals surface area contributed by atoms with Crippen LogP contribution in [0, 0.1) is 6.92 Å². The van der Waals surface area contributed by atoms with E-state index in [9.17, 15) is 5.11 Å². The monoisotopic (exact) mass is 320 g/mol. The molecule has 0 saturated carbocycles. The lowest BCUT2D eigenvalue weighted by molar-refractivity contribution is 0.170. The quantitative estimate of drug-likeness (QED) is 0.859. The fourth-order valence-corrected chi connectivity index (χ4v) is 2.12. The standard InChI is InChI=1S/C16H17BrO2/c1-3-15(18)13-6-4-5-7-16(13)19-12-8-9-14(17)11(2)10-12/h4-10,15,18H,3H2,1-2H3. The Bertz CT molecular complexity index is 566. The van der Waals surface area contributed by atoms with Gasteiger partial charge in [-0.25, -0.2) is 0 Å². The van der Waals surface area contributed by atoms with Crippen molar-refractivity contribution >= 4 is 15.9 Å². The van der Waals surface area contributed by atoms with Gasteiger partial charge in [0.1, 0.15) is 11.5 Å². The van der Waals surface area contributed by atoms with Crippen LogP contribution in [0.15, 0.2) is 46.9 Å². The van der Waals surface area contributed by atoms with Crippen LogP contribution < -0.4 is 4.74 Å². The van der Waals surface area contributed by atoms with Gasteiger partial charge in [-0.2, -0.15) is 0 Å². The summed E-state index contributed by atoms with van der Waals surface area (Å²) in [6, 6.07) is 13.4. The number of hydrogen-bond acceptors (Lipinski definition) is 2. The number of ether oxygens (including phenoxy) is 1. The van der Waals surface area contributed by atoms with E-state index in [4.69, 9.17) is 4.74 Å². The van der Waals surface area contributed by atoms with Crippen molar-refractivity contribution in [2.75, 3.05) is 0 Å². The van der Waals surface area contributed by atoms with Crippen LogP contribution in [0.3, 0.4) is 0 Å². The Kier molecular flexibility index (Phi) is 4.61. The Hall–Kier alpha value is -1.32. The zero-order valence-electron chi connectivity index (χ0n) is 11.1. The maximum atomic E-state index is 10.00. The fourth-order valence-electron chi connectivity index (χ4n) is 1.88. The first-order chi connectivity index (χ1) is 9.11. The predicted molar refractivity (Wildman–Crippen MR) is 80.6 cm³/mol. The Balaban J connectivity index is 2.30. The largest absolute Gasteiger partial charge is 0.457 e. The van der Waals surface area contributed by atoms with Crippen LogP contribution >= 0.6 is 15.9 Å². The van der Waals surface area contributed by atoms with Gasteiger partial charge in [0.05, 0.1) is 6.10 Å². The highest BCUT2D eigenvalue weighted by Gasteiger charge is 2.11. The van der Waals surface area contributed by atoms with Crippen molar-refractivity contribution in [3.8, 4) is 11.5 Å². The van der Waals surface area contributed by atoms with E-state index in [2.05, 4.69) is 15.9 Å². The molecule has 1 N–H and O–H groups in total. The van der Waals surface area contributed by atoms with Crippen molar-refractivity contribution < 1.29 is 9.84 Å². The number of aliphatic hydroxyl groups is 1. The van der Waals surface area contributed by atoms with Gasteiger partial charge in [-0.15, -0.1) is 0 Å². The molecule has 2 rings (SSSR count). The molecule has 3 heteroatoms. The summed E-state index contributed by atoms with van der Waals surface area (Å²) in [7, 11) is 0. The second kappa shape index (κ2) is 6.22. The topological polar surface area (TPSA) is 29.5 Å². The second-order valence-electron chi connectivity index (χ2n) is 4.47. The van der Waals surface area contributed by atoms with Crippen molar-refractivity contribution in [2.24, 2.45) is 0 Å². The molecule has 0 heterocycles. The number of aryl methyl sites for hydroxylation is 1. The summed E-state index contributed by atoms with van der Waals surface area (Å²) in [6.45, 7) is 3.97. The lowest BCUT2D eigenvalue weighted by atomic mass is 10.1. The third kappa shape index (κ3) is 3.37. The zero-order valence-corrected chi connectivity index (χ0v) is 12.6. The molecular formula is C16H17BrO2. The van der Waals surface area contributed by atoms with Crippen LogP contribution in [0.4, 0.5) is 0 Å². The van der Waals surface area contributed by atoms with E-state index in [1.807, 2.05) is 56.3 Å². The van der Waals surface area contributed by atoms with Gasteiger partial charge in [-0.05, 0) is 43.2 Å². The normalized spacial score (nSPS) is 12.2. The first-order valence-corrected chi connectivity index (χ1v) is 7.12. The van der Waals surface area contributed by atoms with Gasteiger partial charge in [0.15, 0.2) is 0 Å². The summed E-state index contributed by atoms with van der Waals surface area (Å²) < 4.78 is 6.94. The number of aliphatic hydroxyl groups excluding tert-OH is 1. The molecule has 1 unspecified atom stereocenters. The van der Waals surface area contributed by atoms with E-state index in [-0.39, 0.29) is 0 Å². The maximum Gasteiger partial charge on any atom is 0.133 e. The molecule has 19 heavy (non-hydrogen) atoms. The van der Waals surface area contributed by atoms with Gasteiger partial charge in [0.25, 0.3) is 0 Å². The molecule has 0 bridgehead atoms. The summed E-state index contributed by atoms with van der Waals surface area (Å²) >= 11 is 3.47. The molecule has 1 atom stereocenters. The lowest BCUT2D eigenvalue weighted by Crippen LogP contribution is -1.98. The molecule has 2 nitrogen and oxygen atoms in total. The minimum atomic E-state index is -0.493. The predicted octanol–water partition coefficient (Wildman–Crippen LogP) is 4.99. The minimum Gasteiger partial charge on any atom is -0.457 e. The fraction of sp³-hybridized carbons (Fsp3) is 0.250. The smallest absolute Gasteiger partial charge is 0.133 e. The van der Waals surface area contributed by atoms with Gasteiger partial charge in [0, 0.05) is 10.0 Å². The summed E-state index contributed by atoms with van der Waals surface area (Å²) in [5.74, 6) is 1.48. The van der Waals surface area contributed by atoms with Crippen molar-refractivity contribution in [3.63, 3.8) is 0 Å². The molecule has 0 radical (unpaired) electrons. The summed E-state index contributed by atoms with van der Waals surface area (Å²) in [5.41, 5.74) is 1.94. The van der Waals surface area contributed by atoms with Gasteiger partial charge >= 0.3 is 0 Å². The summed E-state index contributed by atoms with van der Waals surface area (Å²) in [4.78, 5) is 0. The number of halogens is 1. The van der Waals surface area contributed by atoms with Crippen molar-refractivity contribution in [1.29, 1.82) is 0 Å². The molecule has 0 aliphatic carbocycles. The molecule has 0 aliphatic rings. The molecule has 0 aliphatic heterocycles. The first kappa shape index (κ1) is 14.1. The van der Waals surface area contributed by atoms with Gasteiger partial charge < -0.3 is 9.84 Å². The van der Waals surface area contributed by atoms with E-state index in [1.54, 1.807) is 0 Å². The Morgan fingerprint density at radius 3 is 2.63 bits per heavy atom. The molecular weight excluding hydrogens is 304 g/mol. The highest BCUT2D eigenvalue weighted by atomic mass is 79.9.